The van der Waals surface area contributed by atoms with E-state index in [4.69, 9.17) is 4.74 Å². The summed E-state index contributed by atoms with van der Waals surface area (Å²) in [6, 6.07) is 9.33. The number of hydrogen-bond acceptors (Lipinski definition) is 2. The summed E-state index contributed by atoms with van der Waals surface area (Å²) in [5.74, 6) is 2.78. The molecule has 0 radical (unpaired) electrons. The van der Waals surface area contributed by atoms with Gasteiger partial charge in [-0.05, 0) is 55.1 Å². The summed E-state index contributed by atoms with van der Waals surface area (Å²) in [7, 11) is 0. The number of carbonyl (C=O) groups is 1. The molecule has 2 saturated carbocycles. The van der Waals surface area contributed by atoms with Crippen LogP contribution >= 0.6 is 0 Å². The quantitative estimate of drug-likeness (QED) is 0.752. The molecule has 1 aromatic carbocycles. The first-order valence-corrected chi connectivity index (χ1v) is 7.43. The van der Waals surface area contributed by atoms with Gasteiger partial charge in [0.25, 0.3) is 0 Å². The van der Waals surface area contributed by atoms with Gasteiger partial charge in [0.15, 0.2) is 0 Å². The molecule has 0 saturated heterocycles. The second kappa shape index (κ2) is 4.99. The van der Waals surface area contributed by atoms with Crippen molar-refractivity contribution in [3.63, 3.8) is 0 Å². The van der Waals surface area contributed by atoms with Gasteiger partial charge in [-0.15, -0.1) is 0 Å². The first kappa shape index (κ1) is 12.7. The van der Waals surface area contributed by atoms with E-state index in [-0.39, 0.29) is 12.1 Å². The molecule has 0 bridgehead atoms. The Kier molecular flexibility index (Phi) is 3.34. The highest BCUT2D eigenvalue weighted by Crippen LogP contribution is 2.53. The Morgan fingerprint density at radius 3 is 2.58 bits per heavy atom. The molecule has 0 heterocycles. The first-order valence-electron chi connectivity index (χ1n) is 7.43. The van der Waals surface area contributed by atoms with Crippen molar-refractivity contribution in [2.24, 2.45) is 23.7 Å². The molecule has 2 nitrogen and oxygen atoms in total. The molecule has 1 aromatic rings. The summed E-state index contributed by atoms with van der Waals surface area (Å²) in [6.45, 7) is 4.57. The number of fused-ring (bicyclic) bond motifs is 1. The van der Waals surface area contributed by atoms with Gasteiger partial charge in [-0.25, -0.2) is 4.79 Å². The third-order valence-electron chi connectivity index (χ3n) is 5.16. The Morgan fingerprint density at radius 1 is 1.11 bits per heavy atom. The minimum atomic E-state index is -0.166. The van der Waals surface area contributed by atoms with E-state index in [0.29, 0.717) is 17.4 Å². The van der Waals surface area contributed by atoms with E-state index in [1.165, 1.54) is 12.8 Å². The van der Waals surface area contributed by atoms with Gasteiger partial charge in [-0.1, -0.05) is 32.0 Å². The maximum Gasteiger partial charge on any atom is 0.338 e. The first-order chi connectivity index (χ1) is 9.16. The molecule has 0 N–H and O–H groups in total. The maximum atomic E-state index is 12.1. The Balaban J connectivity index is 1.67. The van der Waals surface area contributed by atoms with Gasteiger partial charge in [0.1, 0.15) is 6.10 Å². The van der Waals surface area contributed by atoms with Gasteiger partial charge in [0, 0.05) is 0 Å². The van der Waals surface area contributed by atoms with Gasteiger partial charge >= 0.3 is 5.97 Å². The molecule has 0 aliphatic heterocycles. The standard InChI is InChI=1S/C17H22O2/c1-11-12(2)16(9-8-14-10-15(11)14)19-17(18)13-6-4-3-5-7-13/h3-7,11-12,14-16H,8-10H2,1-2H3. The average molecular weight is 258 g/mol. The number of esters is 1. The van der Waals surface area contributed by atoms with E-state index in [1.807, 2.05) is 30.3 Å². The van der Waals surface area contributed by atoms with Crippen LogP contribution in [0, 0.1) is 23.7 Å². The molecule has 102 valence electrons. The maximum absolute atomic E-state index is 12.1. The fraction of sp³-hybridized carbons (Fsp3) is 0.588. The van der Waals surface area contributed by atoms with Crippen LogP contribution in [0.3, 0.4) is 0 Å². The molecule has 2 heteroatoms. The van der Waals surface area contributed by atoms with Gasteiger partial charge in [0.2, 0.25) is 0 Å². The fourth-order valence-corrected chi connectivity index (χ4v) is 3.56. The van der Waals surface area contributed by atoms with Crippen molar-refractivity contribution in [3.05, 3.63) is 35.9 Å². The van der Waals surface area contributed by atoms with Crippen molar-refractivity contribution in [3.8, 4) is 0 Å². The molecule has 0 aromatic heterocycles. The average Bonchev–Trinajstić information content (AvgIpc) is 3.22. The second-order valence-corrected chi connectivity index (χ2v) is 6.27. The van der Waals surface area contributed by atoms with Crippen molar-refractivity contribution in [2.45, 2.75) is 39.2 Å². The smallest absolute Gasteiger partial charge is 0.338 e. The van der Waals surface area contributed by atoms with E-state index >= 15 is 0 Å². The third kappa shape index (κ3) is 2.54. The zero-order valence-electron chi connectivity index (χ0n) is 11.7. The summed E-state index contributed by atoms with van der Waals surface area (Å²) < 4.78 is 5.77. The van der Waals surface area contributed by atoms with Crippen LogP contribution in [0.15, 0.2) is 30.3 Å². The van der Waals surface area contributed by atoms with Gasteiger partial charge < -0.3 is 4.74 Å². The normalized spacial score (nSPS) is 37.1. The van der Waals surface area contributed by atoms with Crippen LogP contribution in [-0.4, -0.2) is 12.1 Å². The lowest BCUT2D eigenvalue weighted by molar-refractivity contribution is 0.00605. The predicted molar refractivity (Wildman–Crippen MR) is 74.8 cm³/mol. The molecule has 0 spiro atoms. The highest BCUT2D eigenvalue weighted by atomic mass is 16.5. The number of hydrogen-bond donors (Lipinski definition) is 0. The fourth-order valence-electron chi connectivity index (χ4n) is 3.56. The van der Waals surface area contributed by atoms with Crippen molar-refractivity contribution in [2.75, 3.05) is 0 Å². The van der Waals surface area contributed by atoms with Crippen LogP contribution in [0.4, 0.5) is 0 Å². The topological polar surface area (TPSA) is 26.3 Å². The third-order valence-corrected chi connectivity index (χ3v) is 5.16. The Labute approximate surface area is 115 Å². The zero-order valence-corrected chi connectivity index (χ0v) is 11.7. The lowest BCUT2D eigenvalue weighted by atomic mass is 9.87. The largest absolute Gasteiger partial charge is 0.458 e. The zero-order chi connectivity index (χ0) is 13.4. The molecule has 2 fully saturated rings. The second-order valence-electron chi connectivity index (χ2n) is 6.27. The number of benzene rings is 1. The minimum absolute atomic E-state index is 0.0931. The number of rotatable bonds is 2. The summed E-state index contributed by atoms with van der Waals surface area (Å²) in [5, 5.41) is 0. The summed E-state index contributed by atoms with van der Waals surface area (Å²) in [5.41, 5.74) is 0.664. The Hall–Kier alpha value is -1.31. The SMILES string of the molecule is CC1C(OC(=O)c2ccccc2)CCC2CC2C1C. The van der Waals surface area contributed by atoms with Crippen LogP contribution in [-0.2, 0) is 4.74 Å². The van der Waals surface area contributed by atoms with Crippen LogP contribution in [0.1, 0.15) is 43.5 Å². The van der Waals surface area contributed by atoms with E-state index < -0.39 is 0 Å². The van der Waals surface area contributed by atoms with Crippen LogP contribution < -0.4 is 0 Å². The van der Waals surface area contributed by atoms with Crippen molar-refractivity contribution < 1.29 is 9.53 Å². The lowest BCUT2D eigenvalue weighted by Crippen LogP contribution is -2.29. The summed E-state index contributed by atoms with van der Waals surface area (Å²) in [4.78, 5) is 12.1. The van der Waals surface area contributed by atoms with Crippen molar-refractivity contribution in [1.29, 1.82) is 0 Å². The molecule has 5 unspecified atom stereocenters. The predicted octanol–water partition coefficient (Wildman–Crippen LogP) is 3.91. The minimum Gasteiger partial charge on any atom is -0.458 e. The molecular formula is C17H22O2. The number of carbonyl (C=O) groups excluding carboxylic acids is 1. The molecule has 2 aliphatic carbocycles. The molecule has 19 heavy (non-hydrogen) atoms. The lowest BCUT2D eigenvalue weighted by Gasteiger charge is -2.27. The van der Waals surface area contributed by atoms with Crippen LogP contribution in [0.5, 0.6) is 0 Å². The van der Waals surface area contributed by atoms with Crippen LogP contribution in [0.25, 0.3) is 0 Å². The van der Waals surface area contributed by atoms with Gasteiger partial charge in [0.05, 0.1) is 5.56 Å². The van der Waals surface area contributed by atoms with Crippen molar-refractivity contribution >= 4 is 5.97 Å². The molecule has 0 amide bonds. The Morgan fingerprint density at radius 2 is 1.84 bits per heavy atom. The highest BCUT2D eigenvalue weighted by Gasteiger charge is 2.47. The highest BCUT2D eigenvalue weighted by molar-refractivity contribution is 5.89. The monoisotopic (exact) mass is 258 g/mol. The molecule has 5 atom stereocenters. The van der Waals surface area contributed by atoms with E-state index in [9.17, 15) is 4.79 Å². The summed E-state index contributed by atoms with van der Waals surface area (Å²) >= 11 is 0. The summed E-state index contributed by atoms with van der Waals surface area (Å²) in [6.07, 6.45) is 3.75. The molecule has 2 aliphatic rings. The van der Waals surface area contributed by atoms with Crippen molar-refractivity contribution in [1.82, 2.24) is 0 Å². The van der Waals surface area contributed by atoms with E-state index in [1.54, 1.807) is 0 Å². The molecule has 3 rings (SSSR count). The number of ether oxygens (including phenoxy) is 1. The van der Waals surface area contributed by atoms with E-state index in [2.05, 4.69) is 13.8 Å². The molecular weight excluding hydrogens is 236 g/mol. The van der Waals surface area contributed by atoms with Gasteiger partial charge in [-0.2, -0.15) is 0 Å². The van der Waals surface area contributed by atoms with E-state index in [0.717, 1.165) is 18.3 Å². The van der Waals surface area contributed by atoms with Gasteiger partial charge in [-0.3, -0.25) is 0 Å². The Bertz CT molecular complexity index is 454. The van der Waals surface area contributed by atoms with Crippen LogP contribution in [0.2, 0.25) is 0 Å².